The normalized spacial score (nSPS) is 11.8. The molecule has 0 atom stereocenters. The Hall–Kier alpha value is -1.93. The molecule has 0 spiro atoms. The zero-order valence-corrected chi connectivity index (χ0v) is 10.6. The first-order valence-corrected chi connectivity index (χ1v) is 5.68. The number of aliphatic hydroxyl groups is 1. The van der Waals surface area contributed by atoms with Crippen molar-refractivity contribution >= 4 is 0 Å². The van der Waals surface area contributed by atoms with Crippen molar-refractivity contribution in [2.24, 2.45) is 0 Å². The lowest BCUT2D eigenvalue weighted by atomic mass is 10.2. The van der Waals surface area contributed by atoms with Gasteiger partial charge in [-0.1, -0.05) is 5.21 Å². The highest BCUT2D eigenvalue weighted by Crippen LogP contribution is 2.29. The van der Waals surface area contributed by atoms with Crippen LogP contribution in [0.3, 0.4) is 0 Å². The van der Waals surface area contributed by atoms with Gasteiger partial charge < -0.3 is 9.84 Å². The molecule has 5 nitrogen and oxygen atoms in total. The van der Waals surface area contributed by atoms with Crippen molar-refractivity contribution in [2.75, 3.05) is 7.11 Å². The van der Waals surface area contributed by atoms with E-state index in [0.29, 0.717) is 17.1 Å². The Morgan fingerprint density at radius 2 is 1.90 bits per heavy atom. The van der Waals surface area contributed by atoms with Gasteiger partial charge in [-0.25, -0.2) is 4.68 Å². The number of methoxy groups -OCH3 is 1. The fourth-order valence-corrected chi connectivity index (χ4v) is 1.74. The molecular weight excluding hydrogens is 275 g/mol. The monoisotopic (exact) mass is 287 g/mol. The first kappa shape index (κ1) is 14.5. The van der Waals surface area contributed by atoms with Gasteiger partial charge in [0.05, 0.1) is 30.2 Å². The zero-order valence-electron chi connectivity index (χ0n) is 10.6. The van der Waals surface area contributed by atoms with Crippen molar-refractivity contribution < 1.29 is 23.0 Å². The Kier molecular flexibility index (Phi) is 4.05. The van der Waals surface area contributed by atoms with Crippen molar-refractivity contribution in [3.05, 3.63) is 41.2 Å². The van der Waals surface area contributed by atoms with Gasteiger partial charge in [-0.3, -0.25) is 0 Å². The number of halogens is 3. The van der Waals surface area contributed by atoms with Gasteiger partial charge in [-0.15, -0.1) is 5.10 Å². The van der Waals surface area contributed by atoms with E-state index in [2.05, 4.69) is 10.3 Å². The van der Waals surface area contributed by atoms with E-state index in [-0.39, 0.29) is 13.2 Å². The quantitative estimate of drug-likeness (QED) is 0.933. The summed E-state index contributed by atoms with van der Waals surface area (Å²) in [5.41, 5.74) is 0.496. The molecule has 0 aliphatic heterocycles. The Morgan fingerprint density at radius 1 is 1.25 bits per heavy atom. The van der Waals surface area contributed by atoms with Crippen LogP contribution in [-0.4, -0.2) is 27.2 Å². The van der Waals surface area contributed by atoms with Gasteiger partial charge in [-0.2, -0.15) is 13.2 Å². The Balaban J connectivity index is 2.39. The molecule has 20 heavy (non-hydrogen) atoms. The van der Waals surface area contributed by atoms with E-state index in [1.807, 2.05) is 0 Å². The van der Waals surface area contributed by atoms with Crippen LogP contribution in [0.25, 0.3) is 5.69 Å². The second-order valence-corrected chi connectivity index (χ2v) is 4.03. The van der Waals surface area contributed by atoms with E-state index in [1.165, 1.54) is 23.9 Å². The summed E-state index contributed by atoms with van der Waals surface area (Å²) in [5.74, 6) is 0. The molecule has 1 heterocycles. The minimum Gasteiger partial charge on any atom is -0.390 e. The number of benzene rings is 1. The number of hydrogen-bond acceptors (Lipinski definition) is 4. The average molecular weight is 287 g/mol. The van der Waals surface area contributed by atoms with Crippen molar-refractivity contribution in [2.45, 2.75) is 19.4 Å². The number of aromatic nitrogens is 3. The molecule has 0 saturated heterocycles. The molecule has 0 saturated carbocycles. The molecule has 108 valence electrons. The highest BCUT2D eigenvalue weighted by Gasteiger charge is 2.30. The lowest BCUT2D eigenvalue weighted by Gasteiger charge is -2.09. The second-order valence-electron chi connectivity index (χ2n) is 4.03. The molecule has 2 aromatic rings. The lowest BCUT2D eigenvalue weighted by Crippen LogP contribution is -2.07. The standard InChI is InChI=1S/C12H12F3N3O2/c1-20-7-11-10(6-19)16-17-18(11)9-4-2-8(3-5-9)12(13,14)15/h2-5,19H,6-7H2,1H3. The van der Waals surface area contributed by atoms with Crippen LogP contribution in [0.2, 0.25) is 0 Å². The molecule has 1 N–H and O–H groups in total. The van der Waals surface area contributed by atoms with E-state index >= 15 is 0 Å². The maximum atomic E-state index is 12.5. The number of nitrogens with zero attached hydrogens (tertiary/aromatic N) is 3. The van der Waals surface area contributed by atoms with Crippen LogP contribution in [0.4, 0.5) is 13.2 Å². The third kappa shape index (κ3) is 2.81. The summed E-state index contributed by atoms with van der Waals surface area (Å²) >= 11 is 0. The van der Waals surface area contributed by atoms with Crippen LogP contribution in [0, 0.1) is 0 Å². The van der Waals surface area contributed by atoms with E-state index < -0.39 is 11.7 Å². The van der Waals surface area contributed by atoms with E-state index in [0.717, 1.165) is 12.1 Å². The third-order valence-corrected chi connectivity index (χ3v) is 2.71. The highest BCUT2D eigenvalue weighted by atomic mass is 19.4. The van der Waals surface area contributed by atoms with Gasteiger partial charge in [0.15, 0.2) is 0 Å². The Bertz CT molecular complexity index is 579. The van der Waals surface area contributed by atoms with Crippen molar-refractivity contribution in [3.8, 4) is 5.69 Å². The summed E-state index contributed by atoms with van der Waals surface area (Å²) in [7, 11) is 1.46. The summed E-state index contributed by atoms with van der Waals surface area (Å²) in [5, 5.41) is 16.7. The van der Waals surface area contributed by atoms with Crippen LogP contribution in [-0.2, 0) is 24.1 Å². The van der Waals surface area contributed by atoms with E-state index in [4.69, 9.17) is 9.84 Å². The topological polar surface area (TPSA) is 60.2 Å². The first-order chi connectivity index (χ1) is 9.47. The molecule has 0 aliphatic carbocycles. The van der Waals surface area contributed by atoms with Crippen molar-refractivity contribution in [3.63, 3.8) is 0 Å². The summed E-state index contributed by atoms with van der Waals surface area (Å²) in [6.45, 7) is -0.177. The van der Waals surface area contributed by atoms with Gasteiger partial charge in [0.1, 0.15) is 5.69 Å². The fraction of sp³-hybridized carbons (Fsp3) is 0.333. The molecule has 0 fully saturated rings. The minimum atomic E-state index is -4.38. The van der Waals surface area contributed by atoms with Gasteiger partial charge in [0, 0.05) is 7.11 Å². The maximum Gasteiger partial charge on any atom is 0.416 e. The molecule has 0 radical (unpaired) electrons. The summed E-state index contributed by atoms with van der Waals surface area (Å²) in [6.07, 6.45) is -4.38. The van der Waals surface area contributed by atoms with Crippen LogP contribution in [0.5, 0.6) is 0 Å². The second kappa shape index (κ2) is 5.59. The zero-order chi connectivity index (χ0) is 14.8. The van der Waals surface area contributed by atoms with Crippen LogP contribution < -0.4 is 0 Å². The van der Waals surface area contributed by atoms with Crippen molar-refractivity contribution in [1.82, 2.24) is 15.0 Å². The summed E-state index contributed by atoms with van der Waals surface area (Å²) in [6, 6.07) is 4.51. The molecule has 1 aromatic carbocycles. The number of aliphatic hydroxyl groups excluding tert-OH is 1. The largest absolute Gasteiger partial charge is 0.416 e. The smallest absolute Gasteiger partial charge is 0.390 e. The SMILES string of the molecule is COCc1c(CO)nnn1-c1ccc(C(F)(F)F)cc1. The molecule has 8 heteroatoms. The average Bonchev–Trinajstić information content (AvgIpc) is 2.81. The molecule has 0 amide bonds. The molecule has 1 aromatic heterocycles. The fourth-order valence-electron chi connectivity index (χ4n) is 1.74. The van der Waals surface area contributed by atoms with Crippen LogP contribution in [0.15, 0.2) is 24.3 Å². The third-order valence-electron chi connectivity index (χ3n) is 2.71. The maximum absolute atomic E-state index is 12.5. The number of hydrogen-bond donors (Lipinski definition) is 1. The van der Waals surface area contributed by atoms with E-state index in [9.17, 15) is 13.2 Å². The van der Waals surface area contributed by atoms with Gasteiger partial charge in [0.25, 0.3) is 0 Å². The van der Waals surface area contributed by atoms with Gasteiger partial charge in [-0.05, 0) is 24.3 Å². The predicted molar refractivity (Wildman–Crippen MR) is 63.0 cm³/mol. The van der Waals surface area contributed by atoms with Crippen molar-refractivity contribution in [1.29, 1.82) is 0 Å². The Morgan fingerprint density at radius 3 is 2.40 bits per heavy atom. The van der Waals surface area contributed by atoms with Crippen LogP contribution >= 0.6 is 0 Å². The Labute approximate surface area is 112 Å². The number of rotatable bonds is 4. The predicted octanol–water partition coefficient (Wildman–Crippen LogP) is 1.92. The summed E-state index contributed by atoms with van der Waals surface area (Å²) < 4.78 is 43.8. The van der Waals surface area contributed by atoms with Gasteiger partial charge in [0.2, 0.25) is 0 Å². The molecule has 0 aliphatic rings. The lowest BCUT2D eigenvalue weighted by molar-refractivity contribution is -0.137. The van der Waals surface area contributed by atoms with Crippen LogP contribution in [0.1, 0.15) is 17.0 Å². The van der Waals surface area contributed by atoms with E-state index in [1.54, 1.807) is 0 Å². The summed E-state index contributed by atoms with van der Waals surface area (Å²) in [4.78, 5) is 0. The highest BCUT2D eigenvalue weighted by molar-refractivity contribution is 5.36. The molecule has 2 rings (SSSR count). The number of alkyl halides is 3. The number of ether oxygens (including phenoxy) is 1. The molecule has 0 bridgehead atoms. The molecule has 0 unspecified atom stereocenters. The first-order valence-electron chi connectivity index (χ1n) is 5.68. The molecular formula is C12H12F3N3O2. The van der Waals surface area contributed by atoms with Gasteiger partial charge >= 0.3 is 6.18 Å². The minimum absolute atomic E-state index is 0.143.